The number of hydrogen-bond acceptors (Lipinski definition) is 5. The number of alkyl halides is 2. The number of halogens is 2. The van der Waals surface area contributed by atoms with Crippen LogP contribution in [0.2, 0.25) is 0 Å². The van der Waals surface area contributed by atoms with Gasteiger partial charge in [-0.3, -0.25) is 4.99 Å². The Morgan fingerprint density at radius 1 is 1.30 bits per heavy atom. The van der Waals surface area contributed by atoms with E-state index in [-0.39, 0.29) is 24.1 Å². The number of rotatable bonds is 7. The Bertz CT molecular complexity index is 808. The first-order chi connectivity index (χ1) is 14.0. The fraction of sp³-hybridized carbons (Fsp3) is 0.650. The molecule has 1 aliphatic rings. The number of sulfone groups is 1. The van der Waals surface area contributed by atoms with Crippen LogP contribution in [0.4, 0.5) is 14.5 Å². The summed E-state index contributed by atoms with van der Waals surface area (Å²) in [5, 5.41) is 6.43. The maximum absolute atomic E-state index is 12.3. The fourth-order valence-electron chi connectivity index (χ4n) is 3.17. The van der Waals surface area contributed by atoms with E-state index in [1.807, 2.05) is 0 Å². The highest BCUT2D eigenvalue weighted by Gasteiger charge is 2.28. The Labute approximate surface area is 177 Å². The number of hydrogen-bond donors (Lipinski definition) is 2. The van der Waals surface area contributed by atoms with E-state index < -0.39 is 21.2 Å². The van der Waals surface area contributed by atoms with E-state index in [0.29, 0.717) is 5.96 Å². The van der Waals surface area contributed by atoms with Crippen LogP contribution in [0, 0.1) is 0 Å². The maximum atomic E-state index is 12.3. The van der Waals surface area contributed by atoms with Crippen LogP contribution in [0.25, 0.3) is 0 Å². The molecule has 170 valence electrons. The highest BCUT2D eigenvalue weighted by molar-refractivity contribution is 7.92. The Balaban J connectivity index is 1.88. The number of ether oxygens (including phenoxy) is 1. The second-order valence-electron chi connectivity index (χ2n) is 8.23. The van der Waals surface area contributed by atoms with E-state index in [2.05, 4.69) is 25.3 Å². The second kappa shape index (κ2) is 10.3. The number of piperidine rings is 1. The van der Waals surface area contributed by atoms with Crippen molar-refractivity contribution in [3.05, 3.63) is 24.3 Å². The van der Waals surface area contributed by atoms with Crippen LogP contribution in [0.15, 0.2) is 29.3 Å². The smallest absolute Gasteiger partial charge is 0.387 e. The summed E-state index contributed by atoms with van der Waals surface area (Å²) in [6.45, 7) is 4.10. The molecule has 1 unspecified atom stereocenters. The summed E-state index contributed by atoms with van der Waals surface area (Å²) < 4.78 is 52.7. The van der Waals surface area contributed by atoms with E-state index in [4.69, 9.17) is 0 Å². The summed E-state index contributed by atoms with van der Waals surface area (Å²) in [6, 6.07) is 6.74. The Morgan fingerprint density at radius 2 is 1.97 bits per heavy atom. The lowest BCUT2D eigenvalue weighted by atomic mass is 10.0. The number of anilines is 1. The average Bonchev–Trinajstić information content (AvgIpc) is 2.66. The molecule has 30 heavy (non-hydrogen) atoms. The lowest BCUT2D eigenvalue weighted by molar-refractivity contribution is -0.0498. The third-order valence-corrected chi connectivity index (χ3v) is 7.62. The molecule has 0 bridgehead atoms. The van der Waals surface area contributed by atoms with Crippen LogP contribution < -0.4 is 20.3 Å². The minimum absolute atomic E-state index is 0.0288. The van der Waals surface area contributed by atoms with Crippen LogP contribution in [0.3, 0.4) is 0 Å². The summed E-state index contributed by atoms with van der Waals surface area (Å²) in [7, 11) is -1.55. The van der Waals surface area contributed by atoms with Crippen molar-refractivity contribution >= 4 is 21.5 Å². The highest BCUT2D eigenvalue weighted by atomic mass is 32.2. The minimum atomic E-state index is -3.20. The first kappa shape index (κ1) is 24.2. The fourth-order valence-corrected chi connectivity index (χ4v) is 4.15. The number of aliphatic imine (C=N–C) groups is 1. The largest absolute Gasteiger partial charge is 0.435 e. The molecular weight excluding hydrogens is 414 g/mol. The third kappa shape index (κ3) is 7.00. The van der Waals surface area contributed by atoms with Gasteiger partial charge in [0.1, 0.15) is 5.75 Å². The first-order valence-electron chi connectivity index (χ1n) is 10.0. The van der Waals surface area contributed by atoms with E-state index >= 15 is 0 Å². The number of nitrogens with one attached hydrogen (secondary N) is 2. The van der Waals surface area contributed by atoms with Crippen molar-refractivity contribution in [1.29, 1.82) is 0 Å². The van der Waals surface area contributed by atoms with Gasteiger partial charge >= 0.3 is 6.61 Å². The molecule has 1 saturated heterocycles. The number of guanidine groups is 1. The minimum Gasteiger partial charge on any atom is -0.435 e. The normalized spacial score (nSPS) is 18.4. The van der Waals surface area contributed by atoms with Crippen molar-refractivity contribution in [2.75, 3.05) is 37.3 Å². The number of nitrogens with zero attached hydrogens (tertiary/aromatic N) is 2. The molecule has 2 rings (SSSR count). The highest BCUT2D eigenvalue weighted by Crippen LogP contribution is 2.24. The molecule has 0 radical (unpaired) electrons. The molecule has 0 amide bonds. The van der Waals surface area contributed by atoms with Gasteiger partial charge in [0, 0.05) is 38.4 Å². The van der Waals surface area contributed by atoms with Crippen LogP contribution in [0.5, 0.6) is 5.75 Å². The number of benzene rings is 1. The first-order valence-corrected chi connectivity index (χ1v) is 11.7. The summed E-state index contributed by atoms with van der Waals surface area (Å²) in [5.74, 6) is 0.725. The van der Waals surface area contributed by atoms with Crippen LogP contribution in [-0.4, -0.2) is 64.2 Å². The van der Waals surface area contributed by atoms with E-state index in [0.717, 1.165) is 31.6 Å². The molecule has 0 aliphatic carbocycles. The molecule has 1 aliphatic heterocycles. The van der Waals surface area contributed by atoms with Crippen molar-refractivity contribution in [1.82, 2.24) is 10.6 Å². The molecular formula is C20H32F2N4O3S. The van der Waals surface area contributed by atoms with Gasteiger partial charge in [-0.15, -0.1) is 0 Å². The summed E-state index contributed by atoms with van der Waals surface area (Å²) in [5.41, 5.74) is 0.933. The lowest BCUT2D eigenvalue weighted by Gasteiger charge is -2.35. The lowest BCUT2D eigenvalue weighted by Crippen LogP contribution is -2.52. The van der Waals surface area contributed by atoms with Crippen molar-refractivity contribution < 1.29 is 21.9 Å². The van der Waals surface area contributed by atoms with Crippen molar-refractivity contribution in [3.8, 4) is 5.75 Å². The molecule has 1 heterocycles. The van der Waals surface area contributed by atoms with E-state index in [9.17, 15) is 17.2 Å². The van der Waals surface area contributed by atoms with Crippen molar-refractivity contribution in [2.24, 2.45) is 4.99 Å². The SMILES string of the molecule is CN=C(NCCS(=O)(=O)C(C)(C)C)NC1CCCN(c2ccc(OC(F)F)cc2)C1. The molecule has 0 spiro atoms. The molecule has 10 heteroatoms. The standard InChI is InChI=1S/C20H32F2N4O3S/c1-20(2,3)30(27,28)13-11-24-19(23-4)25-15-6-5-12-26(14-15)16-7-9-17(10-8-16)29-18(21)22/h7-10,15,18H,5-6,11-14H2,1-4H3,(H2,23,24,25). The Kier molecular flexibility index (Phi) is 8.28. The van der Waals surface area contributed by atoms with Gasteiger partial charge in [0.05, 0.1) is 10.5 Å². The summed E-state index contributed by atoms with van der Waals surface area (Å²) in [6.07, 6.45) is 1.91. The molecule has 1 fully saturated rings. The van der Waals surface area contributed by atoms with Crippen LogP contribution in [-0.2, 0) is 9.84 Å². The molecule has 1 atom stereocenters. The van der Waals surface area contributed by atoms with Crippen LogP contribution >= 0.6 is 0 Å². The van der Waals surface area contributed by atoms with E-state index in [1.54, 1.807) is 40.0 Å². The molecule has 0 saturated carbocycles. The average molecular weight is 447 g/mol. The third-order valence-electron chi connectivity index (χ3n) is 5.01. The van der Waals surface area contributed by atoms with E-state index in [1.165, 1.54) is 12.1 Å². The van der Waals surface area contributed by atoms with Crippen molar-refractivity contribution in [3.63, 3.8) is 0 Å². The summed E-state index contributed by atoms with van der Waals surface area (Å²) >= 11 is 0. The quantitative estimate of drug-likeness (QED) is 0.495. The van der Waals surface area contributed by atoms with Gasteiger partial charge in [0.2, 0.25) is 0 Å². The monoisotopic (exact) mass is 446 g/mol. The zero-order chi connectivity index (χ0) is 22.4. The van der Waals surface area contributed by atoms with Gasteiger partial charge in [-0.1, -0.05) is 0 Å². The van der Waals surface area contributed by atoms with Gasteiger partial charge in [-0.2, -0.15) is 8.78 Å². The zero-order valence-electron chi connectivity index (χ0n) is 18.0. The molecule has 1 aromatic rings. The predicted molar refractivity (Wildman–Crippen MR) is 116 cm³/mol. The van der Waals surface area contributed by atoms with Gasteiger partial charge in [0.15, 0.2) is 15.8 Å². The molecule has 7 nitrogen and oxygen atoms in total. The second-order valence-corrected chi connectivity index (χ2v) is 11.1. The predicted octanol–water partition coefficient (Wildman–Crippen LogP) is 2.64. The Morgan fingerprint density at radius 3 is 2.53 bits per heavy atom. The maximum Gasteiger partial charge on any atom is 0.387 e. The summed E-state index contributed by atoms with van der Waals surface area (Å²) in [4.78, 5) is 6.37. The molecule has 0 aromatic heterocycles. The van der Waals surface area contributed by atoms with Gasteiger partial charge in [-0.25, -0.2) is 8.42 Å². The topological polar surface area (TPSA) is 83.0 Å². The van der Waals surface area contributed by atoms with Crippen LogP contribution in [0.1, 0.15) is 33.6 Å². The van der Waals surface area contributed by atoms with Gasteiger partial charge in [-0.05, 0) is 57.9 Å². The van der Waals surface area contributed by atoms with Gasteiger partial charge < -0.3 is 20.3 Å². The zero-order valence-corrected chi connectivity index (χ0v) is 18.8. The van der Waals surface area contributed by atoms with Crippen molar-refractivity contribution in [2.45, 2.75) is 51.0 Å². The molecule has 2 N–H and O–H groups in total. The van der Waals surface area contributed by atoms with Gasteiger partial charge in [0.25, 0.3) is 0 Å². The Hall–Kier alpha value is -2.10. The molecule has 1 aromatic carbocycles.